The van der Waals surface area contributed by atoms with Gasteiger partial charge in [0.25, 0.3) is 5.56 Å². The maximum atomic E-state index is 11.7. The summed E-state index contributed by atoms with van der Waals surface area (Å²) in [7, 11) is 0. The largest absolute Gasteiger partial charge is 0.477 e. The van der Waals surface area contributed by atoms with Crippen molar-refractivity contribution in [2.24, 2.45) is 0 Å². The number of hydrogen-bond acceptors (Lipinski definition) is 4. The fourth-order valence-electron chi connectivity index (χ4n) is 1.48. The topological polar surface area (TPSA) is 43.6 Å². The standard InChI is InChI=1S/C8H6N2O2S/c11-7-5-1-3-12-6(5)9-8-10(7)2-4-13-8/h2,4H,1,3H2. The van der Waals surface area contributed by atoms with E-state index in [2.05, 4.69) is 4.98 Å². The first-order chi connectivity index (χ1) is 6.36. The second-order valence-electron chi connectivity index (χ2n) is 2.85. The Bertz CT molecular complexity index is 528. The summed E-state index contributed by atoms with van der Waals surface area (Å²) in [5, 5.41) is 1.85. The molecule has 4 nitrogen and oxygen atoms in total. The van der Waals surface area contributed by atoms with Crippen LogP contribution in [0.5, 0.6) is 5.88 Å². The lowest BCUT2D eigenvalue weighted by Crippen LogP contribution is -2.15. The third-order valence-electron chi connectivity index (χ3n) is 2.11. The maximum Gasteiger partial charge on any atom is 0.265 e. The van der Waals surface area contributed by atoms with E-state index >= 15 is 0 Å². The van der Waals surface area contributed by atoms with Crippen LogP contribution in [-0.4, -0.2) is 16.0 Å². The Morgan fingerprint density at radius 2 is 2.54 bits per heavy atom. The average molecular weight is 194 g/mol. The van der Waals surface area contributed by atoms with Gasteiger partial charge in [-0.2, -0.15) is 4.98 Å². The van der Waals surface area contributed by atoms with Crippen molar-refractivity contribution in [3.8, 4) is 5.88 Å². The van der Waals surface area contributed by atoms with E-state index in [4.69, 9.17) is 4.74 Å². The lowest BCUT2D eigenvalue weighted by Gasteiger charge is -1.96. The highest BCUT2D eigenvalue weighted by Crippen LogP contribution is 2.20. The molecule has 0 atom stereocenters. The average Bonchev–Trinajstić information content (AvgIpc) is 2.71. The van der Waals surface area contributed by atoms with Crippen molar-refractivity contribution in [3.05, 3.63) is 27.5 Å². The van der Waals surface area contributed by atoms with Gasteiger partial charge in [-0.3, -0.25) is 9.20 Å². The Balaban J connectivity index is 2.53. The summed E-state index contributed by atoms with van der Waals surface area (Å²) in [6, 6.07) is 0. The second kappa shape index (κ2) is 2.32. The molecule has 0 amide bonds. The number of hydrogen-bond donors (Lipinski definition) is 0. The molecule has 2 aromatic heterocycles. The van der Waals surface area contributed by atoms with Gasteiger partial charge >= 0.3 is 0 Å². The van der Waals surface area contributed by atoms with Gasteiger partial charge in [0.15, 0.2) is 4.96 Å². The van der Waals surface area contributed by atoms with E-state index in [0.717, 1.165) is 0 Å². The predicted octanol–water partition coefficient (Wildman–Crippen LogP) is 0.691. The minimum absolute atomic E-state index is 0.0127. The van der Waals surface area contributed by atoms with E-state index in [1.54, 1.807) is 10.6 Å². The zero-order valence-electron chi connectivity index (χ0n) is 6.69. The van der Waals surface area contributed by atoms with Crippen molar-refractivity contribution >= 4 is 16.3 Å². The fraction of sp³-hybridized carbons (Fsp3) is 0.250. The fourth-order valence-corrected chi connectivity index (χ4v) is 2.18. The molecule has 0 spiro atoms. The van der Waals surface area contributed by atoms with Crippen molar-refractivity contribution in [1.29, 1.82) is 0 Å². The molecule has 5 heteroatoms. The van der Waals surface area contributed by atoms with Crippen molar-refractivity contribution in [2.75, 3.05) is 6.61 Å². The first-order valence-electron chi connectivity index (χ1n) is 3.98. The first kappa shape index (κ1) is 7.08. The van der Waals surface area contributed by atoms with Gasteiger partial charge < -0.3 is 4.74 Å². The minimum atomic E-state index is 0.0127. The smallest absolute Gasteiger partial charge is 0.265 e. The van der Waals surface area contributed by atoms with Crippen LogP contribution in [0.4, 0.5) is 0 Å². The quantitative estimate of drug-likeness (QED) is 0.619. The van der Waals surface area contributed by atoms with Crippen LogP contribution in [0.15, 0.2) is 16.4 Å². The zero-order valence-corrected chi connectivity index (χ0v) is 7.50. The maximum absolute atomic E-state index is 11.7. The van der Waals surface area contributed by atoms with Gasteiger partial charge in [-0.25, -0.2) is 0 Å². The summed E-state index contributed by atoms with van der Waals surface area (Å²) >= 11 is 1.44. The number of thiazole rings is 1. The number of fused-ring (bicyclic) bond motifs is 2. The number of nitrogens with zero attached hydrogens (tertiary/aromatic N) is 2. The van der Waals surface area contributed by atoms with Crippen molar-refractivity contribution in [2.45, 2.75) is 6.42 Å². The van der Waals surface area contributed by atoms with Crippen LogP contribution < -0.4 is 10.3 Å². The number of rotatable bonds is 0. The molecule has 2 aromatic rings. The van der Waals surface area contributed by atoms with Crippen LogP contribution in [0.2, 0.25) is 0 Å². The second-order valence-corrected chi connectivity index (χ2v) is 3.73. The van der Waals surface area contributed by atoms with Gasteiger partial charge in [-0.05, 0) is 0 Å². The molecule has 13 heavy (non-hydrogen) atoms. The molecule has 0 bridgehead atoms. The molecule has 0 radical (unpaired) electrons. The molecular formula is C8H6N2O2S. The van der Waals surface area contributed by atoms with Crippen LogP contribution in [-0.2, 0) is 6.42 Å². The number of ether oxygens (including phenoxy) is 1. The first-order valence-corrected chi connectivity index (χ1v) is 4.86. The van der Waals surface area contributed by atoms with Crippen LogP contribution >= 0.6 is 11.3 Å². The summed E-state index contributed by atoms with van der Waals surface area (Å²) in [5.41, 5.74) is 0.717. The third-order valence-corrected chi connectivity index (χ3v) is 2.87. The molecule has 0 N–H and O–H groups in total. The molecule has 3 heterocycles. The van der Waals surface area contributed by atoms with Gasteiger partial charge in [-0.15, -0.1) is 11.3 Å². The van der Waals surface area contributed by atoms with Crippen molar-refractivity contribution in [1.82, 2.24) is 9.38 Å². The molecule has 0 fully saturated rings. The molecule has 0 aromatic carbocycles. The van der Waals surface area contributed by atoms with E-state index < -0.39 is 0 Å². The summed E-state index contributed by atoms with van der Waals surface area (Å²) in [6.45, 7) is 0.579. The Morgan fingerprint density at radius 3 is 3.46 bits per heavy atom. The monoisotopic (exact) mass is 194 g/mol. The zero-order chi connectivity index (χ0) is 8.84. The molecule has 0 unspecified atom stereocenters. The minimum Gasteiger partial charge on any atom is -0.477 e. The van der Waals surface area contributed by atoms with Crippen molar-refractivity contribution in [3.63, 3.8) is 0 Å². The van der Waals surface area contributed by atoms with Gasteiger partial charge in [0.2, 0.25) is 5.88 Å². The van der Waals surface area contributed by atoms with Gasteiger partial charge in [0, 0.05) is 18.0 Å². The highest BCUT2D eigenvalue weighted by atomic mass is 32.1. The molecule has 3 rings (SSSR count). The summed E-state index contributed by atoms with van der Waals surface area (Å²) in [5.74, 6) is 0.521. The summed E-state index contributed by atoms with van der Waals surface area (Å²) < 4.78 is 6.81. The third kappa shape index (κ3) is 0.846. The van der Waals surface area contributed by atoms with E-state index in [1.807, 2.05) is 5.38 Å². The SMILES string of the molecule is O=c1c2c(nc3sccn13)OCC2. The van der Waals surface area contributed by atoms with Crippen LogP contribution in [0.25, 0.3) is 4.96 Å². The highest BCUT2D eigenvalue weighted by molar-refractivity contribution is 7.15. The molecule has 66 valence electrons. The molecule has 1 aliphatic heterocycles. The molecule has 1 aliphatic rings. The van der Waals surface area contributed by atoms with Crippen LogP contribution in [0, 0.1) is 0 Å². The van der Waals surface area contributed by atoms with Gasteiger partial charge in [0.05, 0.1) is 12.2 Å². The van der Waals surface area contributed by atoms with E-state index in [0.29, 0.717) is 29.4 Å². The summed E-state index contributed by atoms with van der Waals surface area (Å²) in [4.78, 5) is 16.7. The Kier molecular flexibility index (Phi) is 1.26. The molecule has 0 aliphatic carbocycles. The Hall–Kier alpha value is -1.36. The number of aromatic nitrogens is 2. The Morgan fingerprint density at radius 1 is 1.62 bits per heavy atom. The van der Waals surface area contributed by atoms with Crippen molar-refractivity contribution < 1.29 is 4.74 Å². The highest BCUT2D eigenvalue weighted by Gasteiger charge is 2.19. The molecular weight excluding hydrogens is 188 g/mol. The Labute approximate surface area is 77.4 Å². The normalized spacial score (nSPS) is 14.5. The lowest BCUT2D eigenvalue weighted by atomic mass is 10.3. The van der Waals surface area contributed by atoms with E-state index in [1.165, 1.54) is 11.3 Å². The van der Waals surface area contributed by atoms with E-state index in [-0.39, 0.29) is 5.56 Å². The van der Waals surface area contributed by atoms with Gasteiger partial charge in [-0.1, -0.05) is 0 Å². The van der Waals surface area contributed by atoms with E-state index in [9.17, 15) is 4.79 Å². The van der Waals surface area contributed by atoms with Gasteiger partial charge in [0.1, 0.15) is 0 Å². The molecule has 0 saturated carbocycles. The predicted molar refractivity (Wildman–Crippen MR) is 48.5 cm³/mol. The lowest BCUT2D eigenvalue weighted by molar-refractivity contribution is 0.345. The summed E-state index contributed by atoms with van der Waals surface area (Å²) in [6.07, 6.45) is 2.42. The van der Waals surface area contributed by atoms with Crippen LogP contribution in [0.3, 0.4) is 0 Å². The molecule has 0 saturated heterocycles. The van der Waals surface area contributed by atoms with Crippen LogP contribution in [0.1, 0.15) is 5.56 Å².